The van der Waals surface area contributed by atoms with Crippen molar-refractivity contribution in [1.82, 2.24) is 15.1 Å². The van der Waals surface area contributed by atoms with Gasteiger partial charge in [-0.15, -0.1) is 11.8 Å². The van der Waals surface area contributed by atoms with Crippen molar-refractivity contribution in [2.45, 2.75) is 30.8 Å². The third-order valence-electron chi connectivity index (χ3n) is 3.11. The first-order chi connectivity index (χ1) is 9.63. The van der Waals surface area contributed by atoms with Gasteiger partial charge in [-0.05, 0) is 49.0 Å². The third-order valence-corrected chi connectivity index (χ3v) is 4.83. The summed E-state index contributed by atoms with van der Waals surface area (Å²) in [6, 6.07) is 11.1. The molecule has 0 aliphatic heterocycles. The van der Waals surface area contributed by atoms with E-state index in [1.807, 2.05) is 31.1 Å². The zero-order valence-electron chi connectivity index (χ0n) is 12.0. The van der Waals surface area contributed by atoms with Gasteiger partial charge in [0.15, 0.2) is 0 Å². The Morgan fingerprint density at radius 1 is 1.30 bits per heavy atom. The fraction of sp³-hybridized carbons (Fsp3) is 0.400. The molecule has 3 nitrogen and oxygen atoms in total. The minimum absolute atomic E-state index is 0.263. The monoisotopic (exact) mass is 353 g/mol. The molecule has 1 N–H and O–H groups in total. The van der Waals surface area contributed by atoms with Crippen LogP contribution in [0.5, 0.6) is 0 Å². The highest BCUT2D eigenvalue weighted by Crippen LogP contribution is 2.30. The first kappa shape index (κ1) is 15.6. The van der Waals surface area contributed by atoms with Crippen molar-refractivity contribution in [2.24, 2.45) is 0 Å². The molecule has 1 heterocycles. The molecule has 0 radical (unpaired) electrons. The van der Waals surface area contributed by atoms with Gasteiger partial charge in [0.25, 0.3) is 0 Å². The van der Waals surface area contributed by atoms with Gasteiger partial charge in [-0.2, -0.15) is 5.10 Å². The van der Waals surface area contributed by atoms with E-state index in [-0.39, 0.29) is 6.04 Å². The molecular formula is C15H20BrN3S. The number of thioether (sulfide) groups is 1. The molecule has 2 aromatic rings. The SMILES string of the molecule is CNC(CSc1ccccc1)c1c(Br)cnn1C(C)C. The van der Waals surface area contributed by atoms with Crippen LogP contribution in [0.1, 0.15) is 31.6 Å². The molecule has 20 heavy (non-hydrogen) atoms. The van der Waals surface area contributed by atoms with E-state index in [1.165, 1.54) is 10.6 Å². The maximum absolute atomic E-state index is 4.46. The summed E-state index contributed by atoms with van der Waals surface area (Å²) in [6.07, 6.45) is 1.88. The van der Waals surface area contributed by atoms with Gasteiger partial charge >= 0.3 is 0 Å². The summed E-state index contributed by atoms with van der Waals surface area (Å²) in [5.74, 6) is 0.970. The number of hydrogen-bond donors (Lipinski definition) is 1. The van der Waals surface area contributed by atoms with Crippen molar-refractivity contribution in [2.75, 3.05) is 12.8 Å². The summed E-state index contributed by atoms with van der Waals surface area (Å²) < 4.78 is 3.15. The molecule has 0 aliphatic carbocycles. The third kappa shape index (κ3) is 3.65. The van der Waals surface area contributed by atoms with E-state index in [4.69, 9.17) is 0 Å². The second-order valence-electron chi connectivity index (χ2n) is 4.88. The van der Waals surface area contributed by atoms with Gasteiger partial charge in [-0.25, -0.2) is 0 Å². The topological polar surface area (TPSA) is 29.9 Å². The molecule has 2 rings (SSSR count). The largest absolute Gasteiger partial charge is 0.311 e. The van der Waals surface area contributed by atoms with Crippen molar-refractivity contribution < 1.29 is 0 Å². The van der Waals surface area contributed by atoms with Crippen LogP contribution in [0, 0.1) is 0 Å². The van der Waals surface area contributed by atoms with Gasteiger partial charge in [-0.3, -0.25) is 4.68 Å². The average Bonchev–Trinajstić information content (AvgIpc) is 2.83. The summed E-state index contributed by atoms with van der Waals surface area (Å²) in [7, 11) is 2.00. The minimum atomic E-state index is 0.263. The van der Waals surface area contributed by atoms with Crippen LogP contribution in [0.25, 0.3) is 0 Å². The first-order valence-corrected chi connectivity index (χ1v) is 8.49. The Bertz CT molecular complexity index is 539. The van der Waals surface area contributed by atoms with Gasteiger partial charge in [-0.1, -0.05) is 18.2 Å². The molecule has 5 heteroatoms. The number of nitrogens with one attached hydrogen (secondary N) is 1. The second-order valence-corrected chi connectivity index (χ2v) is 6.83. The highest BCUT2D eigenvalue weighted by molar-refractivity contribution is 9.10. The maximum Gasteiger partial charge on any atom is 0.0707 e. The van der Waals surface area contributed by atoms with Crippen LogP contribution in [-0.4, -0.2) is 22.6 Å². The van der Waals surface area contributed by atoms with E-state index in [2.05, 4.69) is 69.1 Å². The van der Waals surface area contributed by atoms with Crippen LogP contribution >= 0.6 is 27.7 Å². The van der Waals surface area contributed by atoms with Crippen LogP contribution in [0.3, 0.4) is 0 Å². The molecule has 1 aromatic carbocycles. The van der Waals surface area contributed by atoms with Gasteiger partial charge < -0.3 is 5.32 Å². The molecule has 1 aromatic heterocycles. The first-order valence-electron chi connectivity index (χ1n) is 6.71. The molecule has 1 atom stereocenters. The van der Waals surface area contributed by atoms with Crippen LogP contribution in [0.15, 0.2) is 45.9 Å². The fourth-order valence-corrected chi connectivity index (χ4v) is 3.67. The molecular weight excluding hydrogens is 334 g/mol. The zero-order valence-corrected chi connectivity index (χ0v) is 14.4. The standard InChI is InChI=1S/C15H20BrN3S/c1-11(2)19-15(13(16)9-18-19)14(17-3)10-20-12-7-5-4-6-8-12/h4-9,11,14,17H,10H2,1-3H3. The summed E-state index contributed by atoms with van der Waals surface area (Å²) in [5.41, 5.74) is 1.21. The summed E-state index contributed by atoms with van der Waals surface area (Å²) in [6.45, 7) is 4.31. The highest BCUT2D eigenvalue weighted by Gasteiger charge is 2.20. The molecule has 0 fully saturated rings. The predicted octanol–water partition coefficient (Wildman–Crippen LogP) is 4.28. The molecule has 0 amide bonds. The van der Waals surface area contributed by atoms with Gasteiger partial charge in [0.1, 0.15) is 0 Å². The van der Waals surface area contributed by atoms with Crippen LogP contribution < -0.4 is 5.32 Å². The zero-order chi connectivity index (χ0) is 14.5. The maximum atomic E-state index is 4.46. The Balaban J connectivity index is 2.14. The minimum Gasteiger partial charge on any atom is -0.311 e. The van der Waals surface area contributed by atoms with Crippen molar-refractivity contribution in [3.05, 3.63) is 46.7 Å². The van der Waals surface area contributed by atoms with Crippen LogP contribution in [0.4, 0.5) is 0 Å². The highest BCUT2D eigenvalue weighted by atomic mass is 79.9. The van der Waals surface area contributed by atoms with Gasteiger partial charge in [0.2, 0.25) is 0 Å². The lowest BCUT2D eigenvalue weighted by molar-refractivity contribution is 0.476. The van der Waals surface area contributed by atoms with Crippen molar-refractivity contribution >= 4 is 27.7 Å². The van der Waals surface area contributed by atoms with E-state index >= 15 is 0 Å². The Hall–Kier alpha value is -0.780. The normalized spacial score (nSPS) is 12.8. The number of nitrogens with zero attached hydrogens (tertiary/aromatic N) is 2. The lowest BCUT2D eigenvalue weighted by Crippen LogP contribution is -2.23. The molecule has 0 aliphatic rings. The van der Waals surface area contributed by atoms with E-state index < -0.39 is 0 Å². The Morgan fingerprint density at radius 3 is 2.60 bits per heavy atom. The molecule has 0 spiro atoms. The molecule has 1 unspecified atom stereocenters. The number of aromatic nitrogens is 2. The van der Waals surface area contributed by atoms with Crippen LogP contribution in [0.2, 0.25) is 0 Å². The summed E-state index contributed by atoms with van der Waals surface area (Å²) in [5, 5.41) is 7.86. The lowest BCUT2D eigenvalue weighted by atomic mass is 10.2. The van der Waals surface area contributed by atoms with E-state index in [0.29, 0.717) is 6.04 Å². The van der Waals surface area contributed by atoms with Gasteiger partial charge in [0.05, 0.1) is 22.4 Å². The summed E-state index contributed by atoms with van der Waals surface area (Å²) in [4.78, 5) is 1.29. The molecule has 0 saturated heterocycles. The smallest absolute Gasteiger partial charge is 0.0707 e. The van der Waals surface area contributed by atoms with Crippen molar-refractivity contribution in [3.8, 4) is 0 Å². The van der Waals surface area contributed by atoms with Crippen molar-refractivity contribution in [3.63, 3.8) is 0 Å². The predicted molar refractivity (Wildman–Crippen MR) is 89.3 cm³/mol. The van der Waals surface area contributed by atoms with E-state index in [1.54, 1.807) is 0 Å². The van der Waals surface area contributed by atoms with Gasteiger partial charge in [0, 0.05) is 16.7 Å². The average molecular weight is 354 g/mol. The van der Waals surface area contributed by atoms with Crippen LogP contribution in [-0.2, 0) is 0 Å². The second kappa shape index (κ2) is 7.29. The van der Waals surface area contributed by atoms with Crippen molar-refractivity contribution in [1.29, 1.82) is 0 Å². The Labute approximate surface area is 133 Å². The molecule has 108 valence electrons. The number of benzene rings is 1. The number of hydrogen-bond acceptors (Lipinski definition) is 3. The summed E-state index contributed by atoms with van der Waals surface area (Å²) >= 11 is 5.48. The molecule has 0 bridgehead atoms. The molecule has 0 saturated carbocycles. The number of rotatable bonds is 6. The van der Waals surface area contributed by atoms with E-state index in [0.717, 1.165) is 10.2 Å². The van der Waals surface area contributed by atoms with E-state index in [9.17, 15) is 0 Å². The quantitative estimate of drug-likeness (QED) is 0.786. The fourth-order valence-electron chi connectivity index (χ4n) is 2.08. The lowest BCUT2D eigenvalue weighted by Gasteiger charge is -2.20. The Kier molecular flexibility index (Phi) is 5.69. The Morgan fingerprint density at radius 2 is 2.00 bits per heavy atom. The number of halogens is 1.